The Kier molecular flexibility index (Phi) is 10.5. The van der Waals surface area contributed by atoms with Crippen molar-refractivity contribution in [3.05, 3.63) is 71.8 Å². The van der Waals surface area contributed by atoms with Crippen LogP contribution in [0, 0.1) is 0 Å². The number of unbranched alkanes of at least 4 members (excludes halogenated alkanes) is 3. The van der Waals surface area contributed by atoms with Gasteiger partial charge in [0, 0.05) is 19.6 Å². The molecule has 2 aliphatic heterocycles. The van der Waals surface area contributed by atoms with E-state index >= 15 is 0 Å². The number of nitrogens with zero attached hydrogens (tertiary/aromatic N) is 2. The summed E-state index contributed by atoms with van der Waals surface area (Å²) in [5.74, 6) is -0.777. The van der Waals surface area contributed by atoms with Gasteiger partial charge in [-0.25, -0.2) is 0 Å². The molecule has 0 saturated carbocycles. The smallest absolute Gasteiger partial charge is 0.308 e. The second-order valence-electron chi connectivity index (χ2n) is 10.9. The van der Waals surface area contributed by atoms with E-state index in [2.05, 4.69) is 40.5 Å². The average molecular weight is 534 g/mol. The van der Waals surface area contributed by atoms with Crippen molar-refractivity contribution in [2.45, 2.75) is 82.9 Å². The van der Waals surface area contributed by atoms with Crippen LogP contribution in [0.5, 0.6) is 0 Å². The number of hydrogen-bond donors (Lipinski definition) is 1. The standard InChI is InChI=1S/C32H43N3O4/c1-2-20-35-30(37)28(24-29(36)39-25-27-16-10-6-11-17-27)33-31(38)32(35)18-22-34(23-19-32)21-12-4-3-7-13-26-14-8-5-9-15-26/h5-6,8-11,14-17,28H,2-4,7,12-13,18-25H2,1H3,(H,33,38)/t28-/m1/s1. The Hall–Kier alpha value is -3.19. The normalized spacial score (nSPS) is 19.2. The van der Waals surface area contributed by atoms with Gasteiger partial charge in [0.05, 0.1) is 6.42 Å². The summed E-state index contributed by atoms with van der Waals surface area (Å²) in [7, 11) is 0. The van der Waals surface area contributed by atoms with Crippen molar-refractivity contribution >= 4 is 17.8 Å². The quantitative estimate of drug-likeness (QED) is 0.303. The van der Waals surface area contributed by atoms with Crippen LogP contribution < -0.4 is 5.32 Å². The zero-order valence-electron chi connectivity index (χ0n) is 23.3. The van der Waals surface area contributed by atoms with Crippen LogP contribution in [0.4, 0.5) is 0 Å². The van der Waals surface area contributed by atoms with E-state index in [0.717, 1.165) is 44.5 Å². The summed E-state index contributed by atoms with van der Waals surface area (Å²) >= 11 is 0. The highest BCUT2D eigenvalue weighted by molar-refractivity contribution is 6.01. The maximum atomic E-state index is 13.5. The summed E-state index contributed by atoms with van der Waals surface area (Å²) < 4.78 is 5.38. The molecule has 7 nitrogen and oxygen atoms in total. The predicted octanol–water partition coefficient (Wildman–Crippen LogP) is 4.49. The Balaban J connectivity index is 1.23. The highest BCUT2D eigenvalue weighted by atomic mass is 16.5. The molecule has 7 heteroatoms. The Bertz CT molecular complexity index is 1070. The third kappa shape index (κ3) is 7.69. The van der Waals surface area contributed by atoms with Crippen molar-refractivity contribution < 1.29 is 19.1 Å². The van der Waals surface area contributed by atoms with Gasteiger partial charge in [0.1, 0.15) is 18.2 Å². The van der Waals surface area contributed by atoms with E-state index in [1.807, 2.05) is 37.3 Å². The number of carbonyl (C=O) groups excluding carboxylic acids is 3. The van der Waals surface area contributed by atoms with Gasteiger partial charge in [-0.1, -0.05) is 80.4 Å². The molecule has 2 heterocycles. The lowest BCUT2D eigenvalue weighted by molar-refractivity contribution is -0.163. The van der Waals surface area contributed by atoms with Gasteiger partial charge in [0.2, 0.25) is 11.8 Å². The van der Waals surface area contributed by atoms with E-state index in [0.29, 0.717) is 19.4 Å². The van der Waals surface area contributed by atoms with Gasteiger partial charge in [0.25, 0.3) is 0 Å². The molecule has 2 amide bonds. The second kappa shape index (κ2) is 14.3. The summed E-state index contributed by atoms with van der Waals surface area (Å²) in [6.45, 7) is 5.32. The fourth-order valence-electron chi connectivity index (χ4n) is 5.83. The summed E-state index contributed by atoms with van der Waals surface area (Å²) in [6, 6.07) is 19.2. The molecule has 0 aliphatic carbocycles. The summed E-state index contributed by atoms with van der Waals surface area (Å²) in [4.78, 5) is 43.6. The number of nitrogens with one attached hydrogen (secondary N) is 1. The third-order valence-electron chi connectivity index (χ3n) is 8.09. The number of likely N-dealkylation sites (tertiary alicyclic amines) is 1. The van der Waals surface area contributed by atoms with Crippen LogP contribution in [0.3, 0.4) is 0 Å². The number of carbonyl (C=O) groups is 3. The summed E-state index contributed by atoms with van der Waals surface area (Å²) in [5.41, 5.74) is 1.47. The number of rotatable bonds is 13. The van der Waals surface area contributed by atoms with Crippen molar-refractivity contribution in [1.29, 1.82) is 0 Å². The second-order valence-corrected chi connectivity index (χ2v) is 10.9. The molecule has 2 aromatic rings. The largest absolute Gasteiger partial charge is 0.461 e. The molecule has 1 N–H and O–H groups in total. The maximum absolute atomic E-state index is 13.5. The van der Waals surface area contributed by atoms with Gasteiger partial charge in [-0.05, 0) is 56.2 Å². The van der Waals surface area contributed by atoms with Gasteiger partial charge in [-0.3, -0.25) is 14.4 Å². The number of aryl methyl sites for hydroxylation is 1. The number of amides is 2. The van der Waals surface area contributed by atoms with Gasteiger partial charge in [0.15, 0.2) is 0 Å². The molecule has 2 fully saturated rings. The van der Waals surface area contributed by atoms with Crippen LogP contribution in [0.1, 0.15) is 69.4 Å². The van der Waals surface area contributed by atoms with Crippen molar-refractivity contribution in [2.24, 2.45) is 0 Å². The van der Waals surface area contributed by atoms with Gasteiger partial charge in [-0.2, -0.15) is 0 Å². The Morgan fingerprint density at radius 2 is 1.54 bits per heavy atom. The van der Waals surface area contributed by atoms with Crippen molar-refractivity contribution in [2.75, 3.05) is 26.2 Å². The van der Waals surface area contributed by atoms with Gasteiger partial charge < -0.3 is 19.9 Å². The van der Waals surface area contributed by atoms with Crippen LogP contribution in [0.2, 0.25) is 0 Å². The van der Waals surface area contributed by atoms with E-state index in [1.165, 1.54) is 24.8 Å². The summed E-state index contributed by atoms with van der Waals surface area (Å²) in [5, 5.41) is 2.89. The van der Waals surface area contributed by atoms with E-state index in [-0.39, 0.29) is 24.8 Å². The predicted molar refractivity (Wildman–Crippen MR) is 152 cm³/mol. The van der Waals surface area contributed by atoms with Crippen molar-refractivity contribution in [3.63, 3.8) is 0 Å². The number of piperidine rings is 1. The SMILES string of the molecule is CCCN1C(=O)[C@@H](CC(=O)OCc2ccccc2)NC(=O)C12CCN(CCCCCCc1ccccc1)CC2. The lowest BCUT2D eigenvalue weighted by Crippen LogP contribution is -2.73. The number of ether oxygens (including phenoxy) is 1. The minimum atomic E-state index is -0.869. The zero-order chi connectivity index (χ0) is 27.5. The monoisotopic (exact) mass is 533 g/mol. The first-order valence-corrected chi connectivity index (χ1v) is 14.6. The molecule has 0 unspecified atom stereocenters. The first kappa shape index (κ1) is 28.8. The molecule has 4 rings (SSSR count). The molecular formula is C32H43N3O4. The molecule has 2 aliphatic rings. The molecule has 0 radical (unpaired) electrons. The lowest BCUT2D eigenvalue weighted by Gasteiger charge is -2.51. The van der Waals surface area contributed by atoms with Crippen molar-refractivity contribution in [3.8, 4) is 0 Å². The molecule has 1 atom stereocenters. The molecule has 2 saturated heterocycles. The average Bonchev–Trinajstić information content (AvgIpc) is 2.97. The Morgan fingerprint density at radius 3 is 2.21 bits per heavy atom. The molecular weight excluding hydrogens is 490 g/mol. The number of benzene rings is 2. The first-order valence-electron chi connectivity index (χ1n) is 14.6. The third-order valence-corrected chi connectivity index (χ3v) is 8.09. The Morgan fingerprint density at radius 1 is 0.897 bits per heavy atom. The van der Waals surface area contributed by atoms with E-state index in [4.69, 9.17) is 4.74 Å². The highest BCUT2D eigenvalue weighted by Crippen LogP contribution is 2.34. The van der Waals surface area contributed by atoms with Crippen LogP contribution in [-0.4, -0.2) is 65.3 Å². The van der Waals surface area contributed by atoms with Crippen LogP contribution >= 0.6 is 0 Å². The van der Waals surface area contributed by atoms with Gasteiger partial charge >= 0.3 is 5.97 Å². The van der Waals surface area contributed by atoms with E-state index in [1.54, 1.807) is 4.90 Å². The molecule has 0 aromatic heterocycles. The fraction of sp³-hybridized carbons (Fsp3) is 0.531. The minimum Gasteiger partial charge on any atom is -0.461 e. The first-order chi connectivity index (χ1) is 19.0. The Labute approximate surface area is 232 Å². The molecule has 0 bridgehead atoms. The van der Waals surface area contributed by atoms with Gasteiger partial charge in [-0.15, -0.1) is 0 Å². The number of esters is 1. The lowest BCUT2D eigenvalue weighted by atomic mass is 9.81. The highest BCUT2D eigenvalue weighted by Gasteiger charge is 2.53. The zero-order valence-corrected chi connectivity index (χ0v) is 23.3. The maximum Gasteiger partial charge on any atom is 0.308 e. The minimum absolute atomic E-state index is 0.128. The van der Waals surface area contributed by atoms with E-state index in [9.17, 15) is 14.4 Å². The van der Waals surface area contributed by atoms with Crippen molar-refractivity contribution in [1.82, 2.24) is 15.1 Å². The molecule has 210 valence electrons. The number of hydrogen-bond acceptors (Lipinski definition) is 5. The summed E-state index contributed by atoms with van der Waals surface area (Å²) in [6.07, 6.45) is 7.80. The van der Waals surface area contributed by atoms with Crippen LogP contribution in [-0.2, 0) is 32.1 Å². The van der Waals surface area contributed by atoms with Crippen LogP contribution in [0.25, 0.3) is 0 Å². The van der Waals surface area contributed by atoms with Crippen LogP contribution in [0.15, 0.2) is 60.7 Å². The molecule has 39 heavy (non-hydrogen) atoms. The van der Waals surface area contributed by atoms with E-state index < -0.39 is 17.6 Å². The molecule has 1 spiro atoms. The topological polar surface area (TPSA) is 79.0 Å². The number of piperazine rings is 1. The fourth-order valence-corrected chi connectivity index (χ4v) is 5.83. The molecule has 2 aromatic carbocycles.